The number of methoxy groups -OCH3 is 1. The highest BCUT2D eigenvalue weighted by Gasteiger charge is 2.32. The second kappa shape index (κ2) is 8.10. The minimum absolute atomic E-state index is 0.545. The summed E-state index contributed by atoms with van der Waals surface area (Å²) >= 11 is 1.67. The molecule has 29 heavy (non-hydrogen) atoms. The molecule has 1 saturated heterocycles. The SMILES string of the molecule is COc1ccccc1-c1cc(CSc2nnc(N3CCCCC3)n2C2CC2)on1. The van der Waals surface area contributed by atoms with E-state index in [2.05, 4.69) is 24.8 Å². The second-order valence-corrected chi connectivity index (χ2v) is 8.54. The lowest BCUT2D eigenvalue weighted by Gasteiger charge is -2.27. The van der Waals surface area contributed by atoms with Crippen LogP contribution in [0, 0.1) is 0 Å². The molecule has 3 aromatic rings. The highest BCUT2D eigenvalue weighted by molar-refractivity contribution is 7.98. The standard InChI is InChI=1S/C21H25N5O2S/c1-27-19-8-4-3-7-17(19)18-13-16(28-24-18)14-29-21-23-22-20(26(21)15-9-10-15)25-11-5-2-6-12-25/h3-4,7-8,13,15H,2,5-6,9-12,14H2,1H3. The molecule has 1 aliphatic heterocycles. The summed E-state index contributed by atoms with van der Waals surface area (Å²) in [7, 11) is 1.67. The fraction of sp³-hybridized carbons (Fsp3) is 0.476. The quantitative estimate of drug-likeness (QED) is 0.528. The van der Waals surface area contributed by atoms with Gasteiger partial charge in [0.2, 0.25) is 5.95 Å². The molecule has 2 fully saturated rings. The van der Waals surface area contributed by atoms with Crippen molar-refractivity contribution in [3.8, 4) is 17.0 Å². The topological polar surface area (TPSA) is 69.2 Å². The van der Waals surface area contributed by atoms with E-state index in [0.29, 0.717) is 11.8 Å². The maximum Gasteiger partial charge on any atom is 0.228 e. The minimum Gasteiger partial charge on any atom is -0.496 e. The van der Waals surface area contributed by atoms with E-state index < -0.39 is 0 Å². The number of aromatic nitrogens is 4. The van der Waals surface area contributed by atoms with Crippen LogP contribution in [-0.2, 0) is 5.75 Å². The van der Waals surface area contributed by atoms with Crippen LogP contribution in [0.3, 0.4) is 0 Å². The Morgan fingerprint density at radius 1 is 1.14 bits per heavy atom. The Labute approximate surface area is 174 Å². The molecule has 5 rings (SSSR count). The molecule has 152 valence electrons. The van der Waals surface area contributed by atoms with Gasteiger partial charge in [-0.15, -0.1) is 10.2 Å². The first-order chi connectivity index (χ1) is 14.3. The molecular formula is C21H25N5O2S. The summed E-state index contributed by atoms with van der Waals surface area (Å²) in [6.45, 7) is 2.17. The Kier molecular flexibility index (Phi) is 5.18. The van der Waals surface area contributed by atoms with Crippen LogP contribution in [0.5, 0.6) is 5.75 Å². The van der Waals surface area contributed by atoms with Crippen molar-refractivity contribution < 1.29 is 9.26 Å². The molecule has 0 amide bonds. The Hall–Kier alpha value is -2.48. The second-order valence-electron chi connectivity index (χ2n) is 7.60. The first-order valence-corrected chi connectivity index (χ1v) is 11.2. The van der Waals surface area contributed by atoms with Gasteiger partial charge in [0.15, 0.2) is 5.16 Å². The number of benzene rings is 1. The average molecular weight is 412 g/mol. The van der Waals surface area contributed by atoms with Crippen LogP contribution in [0.2, 0.25) is 0 Å². The molecule has 1 saturated carbocycles. The Morgan fingerprint density at radius 3 is 2.76 bits per heavy atom. The van der Waals surface area contributed by atoms with Crippen molar-refractivity contribution in [1.29, 1.82) is 0 Å². The number of hydrogen-bond acceptors (Lipinski definition) is 7. The van der Waals surface area contributed by atoms with Crippen molar-refractivity contribution in [3.63, 3.8) is 0 Å². The number of anilines is 1. The smallest absolute Gasteiger partial charge is 0.228 e. The number of thioether (sulfide) groups is 1. The zero-order chi connectivity index (χ0) is 19.6. The first-order valence-electron chi connectivity index (χ1n) is 10.2. The molecule has 2 aliphatic rings. The van der Waals surface area contributed by atoms with Crippen LogP contribution < -0.4 is 9.64 Å². The maximum absolute atomic E-state index is 5.59. The van der Waals surface area contributed by atoms with Crippen molar-refractivity contribution in [3.05, 3.63) is 36.1 Å². The molecule has 0 radical (unpaired) electrons. The van der Waals surface area contributed by atoms with Gasteiger partial charge in [-0.1, -0.05) is 29.1 Å². The largest absolute Gasteiger partial charge is 0.496 e. The zero-order valence-corrected chi connectivity index (χ0v) is 17.4. The van der Waals surface area contributed by atoms with E-state index in [0.717, 1.165) is 47.0 Å². The van der Waals surface area contributed by atoms with Gasteiger partial charge >= 0.3 is 0 Å². The predicted octanol–water partition coefficient (Wildman–Crippen LogP) is 4.56. The Bertz CT molecular complexity index is 975. The summed E-state index contributed by atoms with van der Waals surface area (Å²) in [6.07, 6.45) is 6.22. The van der Waals surface area contributed by atoms with Crippen molar-refractivity contribution in [1.82, 2.24) is 19.9 Å². The summed E-state index contributed by atoms with van der Waals surface area (Å²) < 4.78 is 13.4. The van der Waals surface area contributed by atoms with Gasteiger partial charge in [0.25, 0.3) is 0 Å². The van der Waals surface area contributed by atoms with Gasteiger partial charge in [-0.3, -0.25) is 4.57 Å². The van der Waals surface area contributed by atoms with Crippen molar-refractivity contribution in [2.24, 2.45) is 0 Å². The molecule has 1 aliphatic carbocycles. The van der Waals surface area contributed by atoms with Gasteiger partial charge < -0.3 is 14.2 Å². The molecule has 0 bridgehead atoms. The van der Waals surface area contributed by atoms with E-state index in [9.17, 15) is 0 Å². The van der Waals surface area contributed by atoms with Crippen LogP contribution in [0.15, 0.2) is 40.0 Å². The molecule has 8 heteroatoms. The predicted molar refractivity (Wildman–Crippen MR) is 112 cm³/mol. The van der Waals surface area contributed by atoms with E-state index in [1.807, 2.05) is 30.3 Å². The van der Waals surface area contributed by atoms with Gasteiger partial charge in [-0.25, -0.2) is 0 Å². The lowest BCUT2D eigenvalue weighted by molar-refractivity contribution is 0.395. The summed E-state index contributed by atoms with van der Waals surface area (Å²) in [5.74, 6) is 3.33. The third-order valence-electron chi connectivity index (χ3n) is 5.48. The van der Waals surface area contributed by atoms with E-state index in [4.69, 9.17) is 9.26 Å². The number of piperidine rings is 1. The van der Waals surface area contributed by atoms with Gasteiger partial charge in [-0.05, 0) is 44.2 Å². The molecule has 1 aromatic carbocycles. The third kappa shape index (κ3) is 3.85. The molecule has 0 atom stereocenters. The highest BCUT2D eigenvalue weighted by Crippen LogP contribution is 2.42. The Balaban J connectivity index is 1.32. The van der Waals surface area contributed by atoms with E-state index in [-0.39, 0.29) is 0 Å². The van der Waals surface area contributed by atoms with Gasteiger partial charge in [-0.2, -0.15) is 0 Å². The number of ether oxygens (including phenoxy) is 1. The van der Waals surface area contributed by atoms with Gasteiger partial charge in [0.1, 0.15) is 17.2 Å². The molecule has 0 N–H and O–H groups in total. The summed E-state index contributed by atoms with van der Waals surface area (Å²) in [5, 5.41) is 14.3. The van der Waals surface area contributed by atoms with Crippen molar-refractivity contribution >= 4 is 17.7 Å². The first kappa shape index (κ1) is 18.5. The van der Waals surface area contributed by atoms with Crippen LogP contribution >= 0.6 is 11.8 Å². The van der Waals surface area contributed by atoms with Crippen LogP contribution in [0.1, 0.15) is 43.9 Å². The normalized spacial score (nSPS) is 16.9. The van der Waals surface area contributed by atoms with Crippen LogP contribution in [0.4, 0.5) is 5.95 Å². The monoisotopic (exact) mass is 411 g/mol. The zero-order valence-electron chi connectivity index (χ0n) is 16.6. The minimum atomic E-state index is 0.545. The van der Waals surface area contributed by atoms with E-state index in [1.165, 1.54) is 32.1 Å². The number of rotatable bonds is 7. The molecular weight excluding hydrogens is 386 g/mol. The van der Waals surface area contributed by atoms with E-state index in [1.54, 1.807) is 18.9 Å². The molecule has 0 unspecified atom stereocenters. The molecule has 2 aromatic heterocycles. The fourth-order valence-corrected chi connectivity index (χ4v) is 4.71. The number of nitrogens with zero attached hydrogens (tertiary/aromatic N) is 5. The van der Waals surface area contributed by atoms with Gasteiger partial charge in [0, 0.05) is 30.8 Å². The van der Waals surface area contributed by atoms with Crippen LogP contribution in [-0.4, -0.2) is 40.1 Å². The third-order valence-corrected chi connectivity index (χ3v) is 6.45. The molecule has 0 spiro atoms. The summed E-state index contributed by atoms with van der Waals surface area (Å²) in [6, 6.07) is 10.4. The van der Waals surface area contributed by atoms with Crippen LogP contribution in [0.25, 0.3) is 11.3 Å². The number of para-hydroxylation sites is 1. The van der Waals surface area contributed by atoms with Crippen molar-refractivity contribution in [2.75, 3.05) is 25.1 Å². The van der Waals surface area contributed by atoms with Crippen molar-refractivity contribution in [2.45, 2.75) is 49.1 Å². The number of hydrogen-bond donors (Lipinski definition) is 0. The maximum atomic E-state index is 5.59. The summed E-state index contributed by atoms with van der Waals surface area (Å²) in [4.78, 5) is 2.40. The summed E-state index contributed by atoms with van der Waals surface area (Å²) in [5.41, 5.74) is 1.72. The fourth-order valence-electron chi connectivity index (χ4n) is 3.83. The van der Waals surface area contributed by atoms with E-state index >= 15 is 0 Å². The lowest BCUT2D eigenvalue weighted by Crippen LogP contribution is -2.31. The Morgan fingerprint density at radius 2 is 1.97 bits per heavy atom. The molecule has 7 nitrogen and oxygen atoms in total. The average Bonchev–Trinajstić information content (AvgIpc) is 3.35. The molecule has 3 heterocycles. The van der Waals surface area contributed by atoms with Gasteiger partial charge in [0.05, 0.1) is 12.9 Å². The lowest BCUT2D eigenvalue weighted by atomic mass is 10.1. The highest BCUT2D eigenvalue weighted by atomic mass is 32.2.